The van der Waals surface area contributed by atoms with Crippen molar-refractivity contribution < 1.29 is 4.42 Å². The summed E-state index contributed by atoms with van der Waals surface area (Å²) in [5, 5.41) is 11.4. The molecule has 0 spiro atoms. The molecule has 5 heteroatoms. The lowest BCUT2D eigenvalue weighted by Crippen LogP contribution is -2.28. The van der Waals surface area contributed by atoms with Gasteiger partial charge in [-0.2, -0.15) is 0 Å². The monoisotopic (exact) mass is 244 g/mol. The smallest absolute Gasteiger partial charge is 0.235 e. The first-order valence-corrected chi connectivity index (χ1v) is 6.15. The van der Waals surface area contributed by atoms with Crippen molar-refractivity contribution in [2.45, 2.75) is 20.0 Å². The van der Waals surface area contributed by atoms with E-state index in [9.17, 15) is 0 Å². The Morgan fingerprint density at radius 3 is 3.06 bits per heavy atom. The summed E-state index contributed by atoms with van der Waals surface area (Å²) in [5.41, 5.74) is 2.56. The molecule has 0 bridgehead atoms. The van der Waals surface area contributed by atoms with Gasteiger partial charge in [0.25, 0.3) is 0 Å². The molecule has 18 heavy (non-hydrogen) atoms. The minimum absolute atomic E-state index is 0.617. The van der Waals surface area contributed by atoms with Crippen LogP contribution in [0.1, 0.15) is 17.3 Å². The zero-order valence-electron chi connectivity index (χ0n) is 10.4. The van der Waals surface area contributed by atoms with E-state index in [1.54, 1.807) is 0 Å². The number of aryl methyl sites for hydroxylation is 1. The number of aromatic nitrogens is 2. The van der Waals surface area contributed by atoms with Crippen LogP contribution in [0.2, 0.25) is 0 Å². The maximum Gasteiger partial charge on any atom is 0.235 e. The van der Waals surface area contributed by atoms with Gasteiger partial charge in [0, 0.05) is 32.2 Å². The molecule has 94 valence electrons. The molecule has 0 radical (unpaired) electrons. The fourth-order valence-corrected chi connectivity index (χ4v) is 2.26. The zero-order valence-corrected chi connectivity index (χ0v) is 10.4. The zero-order chi connectivity index (χ0) is 12.4. The molecule has 5 nitrogen and oxygen atoms in total. The van der Waals surface area contributed by atoms with Crippen molar-refractivity contribution in [2.24, 2.45) is 0 Å². The van der Waals surface area contributed by atoms with E-state index >= 15 is 0 Å². The summed E-state index contributed by atoms with van der Waals surface area (Å²) in [6.45, 7) is 5.30. The Kier molecular flexibility index (Phi) is 2.98. The Balaban J connectivity index is 1.87. The Hall–Kier alpha value is -1.88. The van der Waals surface area contributed by atoms with Crippen molar-refractivity contribution in [3.05, 3.63) is 41.6 Å². The molecule has 1 N–H and O–H groups in total. The van der Waals surface area contributed by atoms with Crippen LogP contribution in [0.15, 0.2) is 28.7 Å². The average Bonchev–Trinajstić information content (AvgIpc) is 2.68. The van der Waals surface area contributed by atoms with Crippen molar-refractivity contribution in [2.75, 3.05) is 18.0 Å². The Morgan fingerprint density at radius 2 is 2.22 bits per heavy atom. The van der Waals surface area contributed by atoms with Crippen LogP contribution in [-0.4, -0.2) is 23.3 Å². The third-order valence-corrected chi connectivity index (χ3v) is 3.10. The quantitative estimate of drug-likeness (QED) is 0.867. The second-order valence-corrected chi connectivity index (χ2v) is 4.44. The van der Waals surface area contributed by atoms with Gasteiger partial charge in [0.2, 0.25) is 11.8 Å². The molecule has 0 unspecified atom stereocenters. The van der Waals surface area contributed by atoms with Crippen LogP contribution in [-0.2, 0) is 13.1 Å². The molecule has 2 aromatic rings. The lowest BCUT2D eigenvalue weighted by atomic mass is 10.1. The summed E-state index contributed by atoms with van der Waals surface area (Å²) >= 11 is 0. The van der Waals surface area contributed by atoms with Crippen molar-refractivity contribution >= 4 is 5.69 Å². The van der Waals surface area contributed by atoms with Crippen LogP contribution in [0.25, 0.3) is 0 Å². The van der Waals surface area contributed by atoms with Gasteiger partial charge < -0.3 is 14.6 Å². The predicted molar refractivity (Wildman–Crippen MR) is 68.2 cm³/mol. The number of anilines is 1. The van der Waals surface area contributed by atoms with Gasteiger partial charge in [0.15, 0.2) is 0 Å². The fraction of sp³-hybridized carbons (Fsp3) is 0.385. The normalized spacial score (nSPS) is 15.3. The fourth-order valence-electron chi connectivity index (χ4n) is 2.26. The molecular weight excluding hydrogens is 228 g/mol. The number of nitrogens with one attached hydrogen (secondary N) is 1. The van der Waals surface area contributed by atoms with Gasteiger partial charge in [-0.25, -0.2) is 0 Å². The molecule has 1 aliphatic heterocycles. The highest BCUT2D eigenvalue weighted by Crippen LogP contribution is 2.23. The number of rotatable bonds is 2. The molecular formula is C13H16N4O. The number of fused-ring (bicyclic) bond motifs is 1. The third kappa shape index (κ3) is 2.22. The molecule has 0 amide bonds. The van der Waals surface area contributed by atoms with Gasteiger partial charge in [0.05, 0.1) is 6.54 Å². The van der Waals surface area contributed by atoms with E-state index in [1.165, 1.54) is 11.3 Å². The third-order valence-electron chi connectivity index (χ3n) is 3.10. The maximum atomic E-state index is 5.46. The molecule has 0 atom stereocenters. The highest BCUT2D eigenvalue weighted by molar-refractivity contribution is 5.54. The summed E-state index contributed by atoms with van der Waals surface area (Å²) in [4.78, 5) is 2.28. The minimum Gasteiger partial charge on any atom is -0.424 e. The van der Waals surface area contributed by atoms with E-state index < -0.39 is 0 Å². The summed E-state index contributed by atoms with van der Waals surface area (Å²) in [5.74, 6) is 1.29. The van der Waals surface area contributed by atoms with E-state index in [4.69, 9.17) is 4.42 Å². The Labute approximate surface area is 106 Å². The van der Waals surface area contributed by atoms with E-state index in [2.05, 4.69) is 44.7 Å². The Bertz CT molecular complexity index is 537. The van der Waals surface area contributed by atoms with Gasteiger partial charge in [-0.1, -0.05) is 18.2 Å². The number of hydrogen-bond donors (Lipinski definition) is 1. The van der Waals surface area contributed by atoms with Gasteiger partial charge in [0.1, 0.15) is 0 Å². The molecule has 0 fully saturated rings. The van der Waals surface area contributed by atoms with Crippen LogP contribution < -0.4 is 10.2 Å². The molecule has 3 rings (SSSR count). The lowest BCUT2D eigenvalue weighted by Gasteiger charge is -2.22. The van der Waals surface area contributed by atoms with E-state index in [0.29, 0.717) is 18.3 Å². The van der Waals surface area contributed by atoms with Crippen molar-refractivity contribution in [3.63, 3.8) is 0 Å². The first kappa shape index (κ1) is 11.2. The van der Waals surface area contributed by atoms with Crippen LogP contribution in [0.4, 0.5) is 5.69 Å². The minimum atomic E-state index is 0.617. The second-order valence-electron chi connectivity index (χ2n) is 4.44. The van der Waals surface area contributed by atoms with E-state index in [-0.39, 0.29) is 0 Å². The van der Waals surface area contributed by atoms with Gasteiger partial charge in [-0.15, -0.1) is 10.2 Å². The van der Waals surface area contributed by atoms with Crippen molar-refractivity contribution in [1.29, 1.82) is 0 Å². The first-order valence-electron chi connectivity index (χ1n) is 6.15. The molecule has 1 aliphatic rings. The van der Waals surface area contributed by atoms with E-state index in [0.717, 1.165) is 19.6 Å². The van der Waals surface area contributed by atoms with Crippen LogP contribution in [0.3, 0.4) is 0 Å². The number of hydrogen-bond acceptors (Lipinski definition) is 5. The highest BCUT2D eigenvalue weighted by atomic mass is 16.4. The van der Waals surface area contributed by atoms with Crippen LogP contribution in [0, 0.1) is 6.92 Å². The summed E-state index contributed by atoms with van der Waals surface area (Å²) in [6, 6.07) is 8.43. The summed E-state index contributed by atoms with van der Waals surface area (Å²) in [6.07, 6.45) is 0. The van der Waals surface area contributed by atoms with Crippen molar-refractivity contribution in [1.82, 2.24) is 15.5 Å². The number of nitrogens with zero attached hydrogens (tertiary/aromatic N) is 3. The molecule has 1 aromatic heterocycles. The van der Waals surface area contributed by atoms with Crippen LogP contribution in [0.5, 0.6) is 0 Å². The number of benzene rings is 1. The van der Waals surface area contributed by atoms with E-state index in [1.807, 2.05) is 6.92 Å². The molecule has 1 aromatic carbocycles. The molecule has 0 saturated heterocycles. The number of para-hydroxylation sites is 1. The average molecular weight is 244 g/mol. The molecule has 0 saturated carbocycles. The largest absolute Gasteiger partial charge is 0.424 e. The topological polar surface area (TPSA) is 54.2 Å². The maximum absolute atomic E-state index is 5.46. The van der Waals surface area contributed by atoms with Crippen molar-refractivity contribution in [3.8, 4) is 0 Å². The van der Waals surface area contributed by atoms with Gasteiger partial charge >= 0.3 is 0 Å². The molecule has 2 heterocycles. The summed E-state index contributed by atoms with van der Waals surface area (Å²) in [7, 11) is 0. The predicted octanol–water partition coefficient (Wildman–Crippen LogP) is 1.49. The second kappa shape index (κ2) is 4.78. The Morgan fingerprint density at radius 1 is 1.33 bits per heavy atom. The van der Waals surface area contributed by atoms with Gasteiger partial charge in [-0.05, 0) is 11.6 Å². The first-order chi connectivity index (χ1) is 8.83. The highest BCUT2D eigenvalue weighted by Gasteiger charge is 2.16. The standard InChI is InChI=1S/C13H16N4O/c1-10-15-16-13(18-10)9-17-7-6-14-8-11-4-2-3-5-12(11)17/h2-5,14H,6-9H2,1H3. The molecule has 0 aliphatic carbocycles. The SMILES string of the molecule is Cc1nnc(CN2CCNCc3ccccc32)o1. The summed E-state index contributed by atoms with van der Waals surface area (Å²) < 4.78 is 5.46. The van der Waals surface area contributed by atoms with Gasteiger partial charge in [-0.3, -0.25) is 0 Å². The lowest BCUT2D eigenvalue weighted by molar-refractivity contribution is 0.462. The van der Waals surface area contributed by atoms with Crippen LogP contribution >= 0.6 is 0 Å².